The second-order valence-corrected chi connectivity index (χ2v) is 6.51. The third-order valence-corrected chi connectivity index (χ3v) is 4.38. The summed E-state index contributed by atoms with van der Waals surface area (Å²) in [7, 11) is 0. The van der Waals surface area contributed by atoms with Gasteiger partial charge in [0, 0.05) is 22.0 Å². The summed E-state index contributed by atoms with van der Waals surface area (Å²) in [6, 6.07) is 5.99. The molecule has 0 aliphatic carbocycles. The van der Waals surface area contributed by atoms with Crippen LogP contribution in [0.4, 0.5) is 0 Å². The molecule has 1 amide bonds. The van der Waals surface area contributed by atoms with Crippen LogP contribution in [0.3, 0.4) is 0 Å². The molecule has 1 atom stereocenters. The van der Waals surface area contributed by atoms with Gasteiger partial charge in [-0.1, -0.05) is 29.8 Å². The summed E-state index contributed by atoms with van der Waals surface area (Å²) in [5, 5.41) is 0. The van der Waals surface area contributed by atoms with Gasteiger partial charge in [-0.3, -0.25) is 4.79 Å². The monoisotopic (exact) mass is 327 g/mol. The van der Waals surface area contributed by atoms with Gasteiger partial charge in [-0.15, -0.1) is 12.6 Å². The highest BCUT2D eigenvalue weighted by atomic mass is 79.9. The lowest BCUT2D eigenvalue weighted by molar-refractivity contribution is 0.0698. The molecular weight excluding hydrogens is 310 g/mol. The Hall–Kier alpha value is -0.480. The van der Waals surface area contributed by atoms with Gasteiger partial charge in [0.15, 0.2) is 0 Å². The summed E-state index contributed by atoms with van der Waals surface area (Å²) in [4.78, 5) is 15.3. The van der Waals surface area contributed by atoms with Gasteiger partial charge in [-0.25, -0.2) is 0 Å². The zero-order valence-electron chi connectivity index (χ0n) is 10.7. The Morgan fingerprint density at radius 1 is 1.50 bits per heavy atom. The van der Waals surface area contributed by atoms with E-state index >= 15 is 0 Å². The smallest absolute Gasteiger partial charge is 0.255 e. The maximum absolute atomic E-state index is 12.6. The molecule has 1 fully saturated rings. The zero-order valence-corrected chi connectivity index (χ0v) is 13.2. The van der Waals surface area contributed by atoms with Crippen molar-refractivity contribution in [3.63, 3.8) is 0 Å². The summed E-state index contributed by atoms with van der Waals surface area (Å²) in [6.07, 6.45) is 2.22. The molecule has 0 spiro atoms. The molecule has 0 N–H and O–H groups in total. The maximum atomic E-state index is 12.6. The number of hydrogen-bond acceptors (Lipinski definition) is 2. The van der Waals surface area contributed by atoms with Crippen molar-refractivity contribution in [2.75, 3.05) is 6.54 Å². The predicted octanol–water partition coefficient (Wildman–Crippen LogP) is 4.00. The quantitative estimate of drug-likeness (QED) is 0.814. The summed E-state index contributed by atoms with van der Waals surface area (Å²) >= 11 is 7.79. The van der Waals surface area contributed by atoms with Crippen molar-refractivity contribution in [1.29, 1.82) is 0 Å². The van der Waals surface area contributed by atoms with Crippen LogP contribution in [0.5, 0.6) is 0 Å². The minimum absolute atomic E-state index is 0.115. The van der Waals surface area contributed by atoms with E-state index in [-0.39, 0.29) is 5.91 Å². The Kier molecular flexibility index (Phi) is 4.38. The molecule has 0 bridgehead atoms. The van der Waals surface area contributed by atoms with Crippen molar-refractivity contribution in [2.45, 2.75) is 37.6 Å². The molecule has 1 aromatic carbocycles. The Morgan fingerprint density at radius 3 is 2.83 bits per heavy atom. The molecule has 0 aromatic heterocycles. The summed E-state index contributed by atoms with van der Waals surface area (Å²) < 4.78 is 0.950. The molecular formula is C14H18BrNOS. The highest BCUT2D eigenvalue weighted by molar-refractivity contribution is 9.10. The number of hydrogen-bond donors (Lipinski definition) is 1. The molecule has 18 heavy (non-hydrogen) atoms. The largest absolute Gasteiger partial charge is 0.335 e. The third-order valence-electron chi connectivity index (χ3n) is 3.52. The van der Waals surface area contributed by atoms with E-state index in [1.54, 1.807) is 0 Å². The van der Waals surface area contributed by atoms with Crippen LogP contribution in [-0.2, 0) is 0 Å². The van der Waals surface area contributed by atoms with Crippen LogP contribution in [0.1, 0.15) is 37.0 Å². The fourth-order valence-electron chi connectivity index (χ4n) is 2.58. The van der Waals surface area contributed by atoms with Crippen molar-refractivity contribution >= 4 is 34.5 Å². The van der Waals surface area contributed by atoms with Gasteiger partial charge in [-0.2, -0.15) is 0 Å². The van der Waals surface area contributed by atoms with E-state index in [4.69, 9.17) is 0 Å². The Labute approximate surface area is 122 Å². The summed E-state index contributed by atoms with van der Waals surface area (Å²) in [6.45, 7) is 5.23. The van der Waals surface area contributed by atoms with E-state index in [1.165, 1.54) is 0 Å². The van der Waals surface area contributed by atoms with Crippen molar-refractivity contribution in [1.82, 2.24) is 4.90 Å². The predicted molar refractivity (Wildman–Crippen MR) is 80.3 cm³/mol. The SMILES string of the molecule is CC(C)C1CCCN1C(=O)c1ccc(Br)cc1S. The van der Waals surface area contributed by atoms with Gasteiger partial charge < -0.3 is 4.90 Å². The standard InChI is InChI=1S/C14H18BrNOS/c1-9(2)12-4-3-7-16(12)14(17)11-6-5-10(15)8-13(11)18/h5-6,8-9,12,18H,3-4,7H2,1-2H3. The number of halogens is 1. The van der Waals surface area contributed by atoms with E-state index in [0.717, 1.165) is 28.8 Å². The van der Waals surface area contributed by atoms with Gasteiger partial charge >= 0.3 is 0 Å². The van der Waals surface area contributed by atoms with Crippen molar-refractivity contribution in [2.24, 2.45) is 5.92 Å². The maximum Gasteiger partial charge on any atom is 0.255 e. The Bertz CT molecular complexity index is 461. The van der Waals surface area contributed by atoms with E-state index in [0.29, 0.717) is 17.5 Å². The number of thiol groups is 1. The van der Waals surface area contributed by atoms with Crippen LogP contribution in [0.15, 0.2) is 27.6 Å². The van der Waals surface area contributed by atoms with Gasteiger partial charge in [0.1, 0.15) is 0 Å². The van der Waals surface area contributed by atoms with Gasteiger partial charge in [0.05, 0.1) is 5.56 Å². The van der Waals surface area contributed by atoms with Crippen LogP contribution in [0.2, 0.25) is 0 Å². The molecule has 2 rings (SSSR count). The van der Waals surface area contributed by atoms with Crippen LogP contribution >= 0.6 is 28.6 Å². The third kappa shape index (κ3) is 2.75. The lowest BCUT2D eigenvalue weighted by Crippen LogP contribution is -2.38. The lowest BCUT2D eigenvalue weighted by atomic mass is 10.0. The molecule has 4 heteroatoms. The Morgan fingerprint density at radius 2 is 2.22 bits per heavy atom. The highest BCUT2D eigenvalue weighted by Gasteiger charge is 2.31. The second-order valence-electron chi connectivity index (χ2n) is 5.11. The van der Waals surface area contributed by atoms with Crippen LogP contribution < -0.4 is 0 Å². The summed E-state index contributed by atoms with van der Waals surface area (Å²) in [5.41, 5.74) is 0.703. The first-order valence-corrected chi connectivity index (χ1v) is 7.54. The molecule has 2 nitrogen and oxygen atoms in total. The number of rotatable bonds is 2. The molecule has 1 heterocycles. The number of benzene rings is 1. The number of nitrogens with zero attached hydrogens (tertiary/aromatic N) is 1. The van der Waals surface area contributed by atoms with Crippen molar-refractivity contribution in [3.8, 4) is 0 Å². The molecule has 1 unspecified atom stereocenters. The highest BCUT2D eigenvalue weighted by Crippen LogP contribution is 2.28. The number of likely N-dealkylation sites (tertiary alicyclic amines) is 1. The topological polar surface area (TPSA) is 20.3 Å². The average molecular weight is 328 g/mol. The van der Waals surface area contributed by atoms with Crippen LogP contribution in [0, 0.1) is 5.92 Å². The summed E-state index contributed by atoms with van der Waals surface area (Å²) in [5.74, 6) is 0.624. The average Bonchev–Trinajstić information content (AvgIpc) is 2.77. The number of carbonyl (C=O) groups is 1. The minimum Gasteiger partial charge on any atom is -0.335 e. The van der Waals surface area contributed by atoms with Crippen molar-refractivity contribution in [3.05, 3.63) is 28.2 Å². The normalized spacial score (nSPS) is 19.6. The minimum atomic E-state index is 0.115. The van der Waals surface area contributed by atoms with Gasteiger partial charge in [0.25, 0.3) is 5.91 Å². The number of amides is 1. The first-order valence-electron chi connectivity index (χ1n) is 6.30. The first kappa shape index (κ1) is 13.9. The Balaban J connectivity index is 2.25. The lowest BCUT2D eigenvalue weighted by Gasteiger charge is -2.28. The number of carbonyl (C=O) groups excluding carboxylic acids is 1. The van der Waals surface area contributed by atoms with Crippen LogP contribution in [-0.4, -0.2) is 23.4 Å². The molecule has 0 radical (unpaired) electrons. The molecule has 1 saturated heterocycles. The van der Waals surface area contributed by atoms with E-state index in [9.17, 15) is 4.79 Å². The molecule has 98 valence electrons. The van der Waals surface area contributed by atoms with Crippen molar-refractivity contribution < 1.29 is 4.79 Å². The molecule has 1 aromatic rings. The molecule has 0 saturated carbocycles. The first-order chi connectivity index (χ1) is 8.50. The molecule has 1 aliphatic heterocycles. The second kappa shape index (κ2) is 5.66. The van der Waals surface area contributed by atoms with Gasteiger partial charge in [0.2, 0.25) is 0 Å². The fourth-order valence-corrected chi connectivity index (χ4v) is 3.43. The van der Waals surface area contributed by atoms with E-state index in [1.807, 2.05) is 23.1 Å². The van der Waals surface area contributed by atoms with E-state index in [2.05, 4.69) is 42.4 Å². The van der Waals surface area contributed by atoms with Crippen LogP contribution in [0.25, 0.3) is 0 Å². The zero-order chi connectivity index (χ0) is 13.3. The van der Waals surface area contributed by atoms with Gasteiger partial charge in [-0.05, 0) is 37.0 Å². The fraction of sp³-hybridized carbons (Fsp3) is 0.500. The molecule has 1 aliphatic rings. The van der Waals surface area contributed by atoms with E-state index < -0.39 is 0 Å².